The summed E-state index contributed by atoms with van der Waals surface area (Å²) in [5, 5.41) is 0. The minimum absolute atomic E-state index is 0.665. The van der Waals surface area contributed by atoms with E-state index < -0.39 is 0 Å². The predicted molar refractivity (Wildman–Crippen MR) is 85.5 cm³/mol. The van der Waals surface area contributed by atoms with E-state index in [-0.39, 0.29) is 0 Å². The molecule has 2 nitrogen and oxygen atoms in total. The summed E-state index contributed by atoms with van der Waals surface area (Å²) in [4.78, 5) is 5.08. The van der Waals surface area contributed by atoms with Crippen molar-refractivity contribution in [2.24, 2.45) is 0 Å². The molecule has 1 atom stereocenters. The van der Waals surface area contributed by atoms with Gasteiger partial charge < -0.3 is 0 Å². The van der Waals surface area contributed by atoms with Gasteiger partial charge in [0.25, 0.3) is 0 Å². The van der Waals surface area contributed by atoms with Gasteiger partial charge in [0.15, 0.2) is 0 Å². The van der Waals surface area contributed by atoms with Gasteiger partial charge >= 0.3 is 0 Å². The molecule has 0 aromatic rings. The van der Waals surface area contributed by atoms with Crippen LogP contribution < -0.4 is 0 Å². The Labute approximate surface area is 121 Å². The molecule has 0 N–H and O–H groups in total. The van der Waals surface area contributed by atoms with Crippen LogP contribution in [0.25, 0.3) is 0 Å². The van der Waals surface area contributed by atoms with Crippen molar-refractivity contribution >= 4 is 0 Å². The van der Waals surface area contributed by atoms with Crippen molar-refractivity contribution in [3.63, 3.8) is 0 Å². The second-order valence-electron chi connectivity index (χ2n) is 6.33. The van der Waals surface area contributed by atoms with Crippen molar-refractivity contribution in [1.82, 2.24) is 9.80 Å². The Hall–Kier alpha value is -0.0800. The van der Waals surface area contributed by atoms with Gasteiger partial charge in [0.05, 0.1) is 6.17 Å². The lowest BCUT2D eigenvalue weighted by Gasteiger charge is -2.23. The van der Waals surface area contributed by atoms with Crippen LogP contribution in [0.3, 0.4) is 0 Å². The van der Waals surface area contributed by atoms with E-state index >= 15 is 0 Å². The van der Waals surface area contributed by atoms with Crippen LogP contribution in [0.4, 0.5) is 0 Å². The Bertz CT molecular complexity index is 205. The third kappa shape index (κ3) is 7.31. The molecule has 0 saturated carbocycles. The van der Waals surface area contributed by atoms with Gasteiger partial charge in [-0.15, -0.1) is 0 Å². The SMILES string of the molecule is CCCCCCCCCCCCN1CCN(C)C1C. The first-order chi connectivity index (χ1) is 9.25. The minimum atomic E-state index is 0.665. The zero-order valence-corrected chi connectivity index (χ0v) is 13.7. The molecule has 0 aliphatic carbocycles. The first-order valence-electron chi connectivity index (χ1n) is 8.70. The summed E-state index contributed by atoms with van der Waals surface area (Å²) in [6.07, 6.45) is 15.1. The number of rotatable bonds is 11. The van der Waals surface area contributed by atoms with Gasteiger partial charge in [-0.1, -0.05) is 64.7 Å². The van der Waals surface area contributed by atoms with Crippen LogP contribution >= 0.6 is 0 Å². The summed E-state index contributed by atoms with van der Waals surface area (Å²) in [6, 6.07) is 0. The van der Waals surface area contributed by atoms with E-state index in [0.29, 0.717) is 6.17 Å². The lowest BCUT2D eigenvalue weighted by Crippen LogP contribution is -2.34. The minimum Gasteiger partial charge on any atom is -0.290 e. The molecule has 1 aliphatic rings. The van der Waals surface area contributed by atoms with Crippen molar-refractivity contribution in [3.8, 4) is 0 Å². The Morgan fingerprint density at radius 3 is 1.79 bits per heavy atom. The summed E-state index contributed by atoms with van der Waals surface area (Å²) in [5.74, 6) is 0. The molecule has 0 aromatic heterocycles. The van der Waals surface area contributed by atoms with Gasteiger partial charge in [-0.25, -0.2) is 0 Å². The molecule has 0 radical (unpaired) electrons. The van der Waals surface area contributed by atoms with Crippen LogP contribution in [0, 0.1) is 0 Å². The summed E-state index contributed by atoms with van der Waals surface area (Å²) >= 11 is 0. The van der Waals surface area contributed by atoms with Gasteiger partial charge in [-0.05, 0) is 26.9 Å². The normalized spacial score (nSPS) is 21.3. The van der Waals surface area contributed by atoms with Gasteiger partial charge in [0.2, 0.25) is 0 Å². The van der Waals surface area contributed by atoms with Gasteiger partial charge in [-0.3, -0.25) is 9.80 Å². The molecular formula is C17H36N2. The quantitative estimate of drug-likeness (QED) is 0.509. The first-order valence-corrected chi connectivity index (χ1v) is 8.70. The van der Waals surface area contributed by atoms with E-state index in [9.17, 15) is 0 Å². The van der Waals surface area contributed by atoms with E-state index in [1.807, 2.05) is 0 Å². The van der Waals surface area contributed by atoms with Crippen molar-refractivity contribution in [2.75, 3.05) is 26.7 Å². The highest BCUT2D eigenvalue weighted by Gasteiger charge is 2.23. The number of nitrogens with zero attached hydrogens (tertiary/aromatic N) is 2. The maximum Gasteiger partial charge on any atom is 0.0591 e. The molecular weight excluding hydrogens is 232 g/mol. The van der Waals surface area contributed by atoms with Gasteiger partial charge in [0.1, 0.15) is 0 Å². The number of hydrogen-bond donors (Lipinski definition) is 0. The third-order valence-electron chi connectivity index (χ3n) is 4.71. The fraction of sp³-hybridized carbons (Fsp3) is 1.00. The van der Waals surface area contributed by atoms with Crippen LogP contribution in [-0.2, 0) is 0 Å². The van der Waals surface area contributed by atoms with Crippen molar-refractivity contribution in [3.05, 3.63) is 0 Å². The third-order valence-corrected chi connectivity index (χ3v) is 4.71. The molecule has 2 heteroatoms. The molecule has 0 aromatic carbocycles. The van der Waals surface area contributed by atoms with Gasteiger partial charge in [-0.2, -0.15) is 0 Å². The zero-order valence-electron chi connectivity index (χ0n) is 13.7. The molecule has 1 heterocycles. The van der Waals surface area contributed by atoms with E-state index in [1.54, 1.807) is 0 Å². The zero-order chi connectivity index (χ0) is 13.9. The molecule has 0 bridgehead atoms. The average Bonchev–Trinajstić information content (AvgIpc) is 2.73. The van der Waals surface area contributed by atoms with Crippen molar-refractivity contribution in [2.45, 2.75) is 84.2 Å². The van der Waals surface area contributed by atoms with Crippen LogP contribution in [0.2, 0.25) is 0 Å². The van der Waals surface area contributed by atoms with Crippen molar-refractivity contribution in [1.29, 1.82) is 0 Å². The topological polar surface area (TPSA) is 6.48 Å². The maximum atomic E-state index is 2.63. The number of unbranched alkanes of at least 4 members (excludes halogenated alkanes) is 9. The highest BCUT2D eigenvalue weighted by Crippen LogP contribution is 2.14. The first kappa shape index (κ1) is 17.0. The predicted octanol–water partition coefficient (Wildman–Crippen LogP) is 4.50. The van der Waals surface area contributed by atoms with Crippen LogP contribution in [-0.4, -0.2) is 42.6 Å². The van der Waals surface area contributed by atoms with Crippen LogP contribution in [0.15, 0.2) is 0 Å². The average molecular weight is 268 g/mol. The van der Waals surface area contributed by atoms with E-state index in [4.69, 9.17) is 0 Å². The monoisotopic (exact) mass is 268 g/mol. The summed E-state index contributed by atoms with van der Waals surface area (Å²) in [7, 11) is 2.24. The smallest absolute Gasteiger partial charge is 0.0591 e. The van der Waals surface area contributed by atoms with Gasteiger partial charge in [0, 0.05) is 13.1 Å². The standard InChI is InChI=1S/C17H36N2/c1-4-5-6-7-8-9-10-11-12-13-14-19-16-15-18(3)17(19)2/h17H,4-16H2,1-3H3. The number of hydrogen-bond acceptors (Lipinski definition) is 2. The fourth-order valence-corrected chi connectivity index (χ4v) is 3.04. The summed E-state index contributed by atoms with van der Waals surface area (Å²) in [6.45, 7) is 8.46. The molecule has 1 unspecified atom stereocenters. The Morgan fingerprint density at radius 1 is 0.789 bits per heavy atom. The summed E-state index contributed by atoms with van der Waals surface area (Å²) < 4.78 is 0. The lowest BCUT2D eigenvalue weighted by molar-refractivity contribution is 0.174. The second-order valence-corrected chi connectivity index (χ2v) is 6.33. The van der Waals surface area contributed by atoms with Crippen LogP contribution in [0.5, 0.6) is 0 Å². The number of likely N-dealkylation sites (N-methyl/N-ethyl adjacent to an activating group) is 1. The maximum absolute atomic E-state index is 2.63. The molecule has 0 spiro atoms. The summed E-state index contributed by atoms with van der Waals surface area (Å²) in [5.41, 5.74) is 0. The molecule has 1 aliphatic heterocycles. The van der Waals surface area contributed by atoms with E-state index in [0.717, 1.165) is 0 Å². The Kier molecular flexibility index (Phi) is 9.54. The molecule has 19 heavy (non-hydrogen) atoms. The Morgan fingerprint density at radius 2 is 1.32 bits per heavy atom. The Balaban J connectivity index is 1.81. The largest absolute Gasteiger partial charge is 0.290 e. The lowest BCUT2D eigenvalue weighted by atomic mass is 10.1. The highest BCUT2D eigenvalue weighted by molar-refractivity contribution is 4.75. The van der Waals surface area contributed by atoms with Crippen LogP contribution in [0.1, 0.15) is 78.1 Å². The highest BCUT2D eigenvalue weighted by atomic mass is 15.4. The molecule has 1 saturated heterocycles. The van der Waals surface area contributed by atoms with E-state index in [1.165, 1.54) is 83.8 Å². The van der Waals surface area contributed by atoms with Crippen molar-refractivity contribution < 1.29 is 0 Å². The molecule has 1 fully saturated rings. The second kappa shape index (κ2) is 10.7. The molecule has 0 amide bonds. The fourth-order valence-electron chi connectivity index (χ4n) is 3.04. The molecule has 1 rings (SSSR count). The van der Waals surface area contributed by atoms with E-state index in [2.05, 4.69) is 30.7 Å². The molecule has 114 valence electrons.